The number of para-hydroxylation sites is 2. The molecule has 8 heteroatoms. The Hall–Kier alpha value is -3.32. The van der Waals surface area contributed by atoms with E-state index >= 15 is 0 Å². The van der Waals surface area contributed by atoms with Crippen molar-refractivity contribution in [3.05, 3.63) is 65.2 Å². The Morgan fingerprint density at radius 2 is 2.03 bits per heavy atom. The molecule has 7 nitrogen and oxygen atoms in total. The topological polar surface area (TPSA) is 84.9 Å². The number of nitrogens with one attached hydrogen (secondary N) is 1. The Kier molecular flexibility index (Phi) is 6.51. The average Bonchev–Trinajstić information content (AvgIpc) is 2.74. The molecule has 1 aliphatic heterocycles. The number of hydrogen-bond donors (Lipinski definition) is 1. The summed E-state index contributed by atoms with van der Waals surface area (Å²) < 4.78 is 10.7. The summed E-state index contributed by atoms with van der Waals surface area (Å²) in [5.74, 6) is -1.06. The molecule has 0 bridgehead atoms. The lowest BCUT2D eigenvalue weighted by atomic mass is 10.1. The fourth-order valence-corrected chi connectivity index (χ4v) is 3.00. The second-order valence-corrected chi connectivity index (χ2v) is 6.63. The molecule has 0 saturated carbocycles. The smallest absolute Gasteiger partial charge is 0.331 e. The van der Waals surface area contributed by atoms with E-state index in [1.54, 1.807) is 54.6 Å². The molecule has 0 spiro atoms. The second-order valence-electron chi connectivity index (χ2n) is 6.19. The predicted molar refractivity (Wildman–Crippen MR) is 109 cm³/mol. The number of hydrogen-bond acceptors (Lipinski definition) is 5. The molecule has 0 aliphatic carbocycles. The van der Waals surface area contributed by atoms with E-state index in [4.69, 9.17) is 21.1 Å². The van der Waals surface area contributed by atoms with Crippen LogP contribution >= 0.6 is 11.6 Å². The molecular weight excluding hydrogens is 396 g/mol. The van der Waals surface area contributed by atoms with E-state index in [-0.39, 0.29) is 12.5 Å². The second kappa shape index (κ2) is 9.25. The molecule has 2 amide bonds. The number of rotatable bonds is 5. The number of fused-ring (bicyclic) bond motifs is 1. The van der Waals surface area contributed by atoms with Gasteiger partial charge in [-0.2, -0.15) is 0 Å². The van der Waals surface area contributed by atoms with Gasteiger partial charge < -0.3 is 19.7 Å². The minimum Gasteiger partial charge on any atom is -0.477 e. The Morgan fingerprint density at radius 3 is 2.79 bits per heavy atom. The van der Waals surface area contributed by atoms with Gasteiger partial charge in [0.25, 0.3) is 11.8 Å². The Morgan fingerprint density at radius 1 is 1.24 bits per heavy atom. The molecular formula is C21H19ClN2O5. The van der Waals surface area contributed by atoms with E-state index in [2.05, 4.69) is 5.32 Å². The normalized spacial score (nSPS) is 15.4. The summed E-state index contributed by atoms with van der Waals surface area (Å²) in [6.07, 6.45) is 1.92. The van der Waals surface area contributed by atoms with Crippen molar-refractivity contribution in [3.8, 4) is 5.75 Å². The van der Waals surface area contributed by atoms with Crippen LogP contribution in [0.1, 0.15) is 5.56 Å². The highest BCUT2D eigenvalue weighted by Crippen LogP contribution is 2.33. The van der Waals surface area contributed by atoms with Crippen molar-refractivity contribution in [2.45, 2.75) is 6.10 Å². The number of anilines is 1. The highest BCUT2D eigenvalue weighted by atomic mass is 35.5. The van der Waals surface area contributed by atoms with Gasteiger partial charge in [0.1, 0.15) is 5.75 Å². The van der Waals surface area contributed by atoms with Gasteiger partial charge in [-0.25, -0.2) is 4.79 Å². The standard InChI is InChI=1S/C21H19ClN2O5/c1-23-21(27)18-12-24(16-7-2-3-8-17(16)29-18)19(25)13-28-20(26)10-9-14-5-4-6-15(22)11-14/h2-11,18H,12-13H2,1H3,(H,23,27)/b10-9+. The number of amides is 2. The van der Waals surface area contributed by atoms with Crippen molar-refractivity contribution in [3.63, 3.8) is 0 Å². The average molecular weight is 415 g/mol. The van der Waals surface area contributed by atoms with Gasteiger partial charge in [-0.05, 0) is 35.9 Å². The SMILES string of the molecule is CNC(=O)C1CN(C(=O)COC(=O)/C=C/c2cccc(Cl)c2)c2ccccc2O1. The summed E-state index contributed by atoms with van der Waals surface area (Å²) in [4.78, 5) is 38.0. The Bertz CT molecular complexity index is 960. The zero-order chi connectivity index (χ0) is 20.8. The van der Waals surface area contributed by atoms with E-state index in [1.807, 2.05) is 0 Å². The van der Waals surface area contributed by atoms with Crippen molar-refractivity contribution in [2.75, 3.05) is 25.1 Å². The molecule has 150 valence electrons. The molecule has 0 radical (unpaired) electrons. The first kappa shape index (κ1) is 20.4. The van der Waals surface area contributed by atoms with Crippen LogP contribution in [-0.2, 0) is 19.1 Å². The van der Waals surface area contributed by atoms with Gasteiger partial charge in [-0.15, -0.1) is 0 Å². The van der Waals surface area contributed by atoms with E-state index in [9.17, 15) is 14.4 Å². The summed E-state index contributed by atoms with van der Waals surface area (Å²) in [7, 11) is 1.49. The van der Waals surface area contributed by atoms with Gasteiger partial charge in [-0.3, -0.25) is 9.59 Å². The van der Waals surface area contributed by atoms with Crippen LogP contribution in [0.2, 0.25) is 5.02 Å². The molecule has 1 aliphatic rings. The van der Waals surface area contributed by atoms with Crippen LogP contribution in [0, 0.1) is 0 Å². The van der Waals surface area contributed by atoms with Gasteiger partial charge in [0.15, 0.2) is 12.7 Å². The van der Waals surface area contributed by atoms with Crippen LogP contribution in [0.15, 0.2) is 54.6 Å². The number of ether oxygens (including phenoxy) is 2. The molecule has 0 fully saturated rings. The molecule has 1 N–H and O–H groups in total. The largest absolute Gasteiger partial charge is 0.477 e. The lowest BCUT2D eigenvalue weighted by molar-refractivity contribution is -0.143. The van der Waals surface area contributed by atoms with Gasteiger partial charge in [0.2, 0.25) is 0 Å². The third-order valence-corrected chi connectivity index (χ3v) is 4.45. The van der Waals surface area contributed by atoms with E-state index in [1.165, 1.54) is 18.0 Å². The quantitative estimate of drug-likeness (QED) is 0.600. The maximum absolute atomic E-state index is 12.7. The van der Waals surface area contributed by atoms with E-state index in [0.717, 1.165) is 5.56 Å². The van der Waals surface area contributed by atoms with Gasteiger partial charge >= 0.3 is 5.97 Å². The minimum absolute atomic E-state index is 0.0193. The summed E-state index contributed by atoms with van der Waals surface area (Å²) >= 11 is 5.90. The fourth-order valence-electron chi connectivity index (χ4n) is 2.80. The highest BCUT2D eigenvalue weighted by molar-refractivity contribution is 6.30. The van der Waals surface area contributed by atoms with Crippen LogP contribution in [0.5, 0.6) is 5.75 Å². The number of nitrogens with zero attached hydrogens (tertiary/aromatic N) is 1. The zero-order valence-electron chi connectivity index (χ0n) is 15.6. The van der Waals surface area contributed by atoms with Crippen molar-refractivity contribution >= 4 is 41.1 Å². The van der Waals surface area contributed by atoms with Gasteiger partial charge in [-0.1, -0.05) is 35.9 Å². The molecule has 29 heavy (non-hydrogen) atoms. The van der Waals surface area contributed by atoms with Crippen LogP contribution < -0.4 is 15.0 Å². The van der Waals surface area contributed by atoms with Crippen molar-refractivity contribution in [1.82, 2.24) is 5.32 Å². The molecule has 2 aromatic carbocycles. The molecule has 1 atom stereocenters. The first-order valence-electron chi connectivity index (χ1n) is 8.86. The summed E-state index contributed by atoms with van der Waals surface area (Å²) in [6.45, 7) is -0.445. The van der Waals surface area contributed by atoms with Gasteiger partial charge in [0, 0.05) is 18.1 Å². The van der Waals surface area contributed by atoms with Crippen LogP contribution in [-0.4, -0.2) is 44.1 Å². The molecule has 1 heterocycles. The number of likely N-dealkylation sites (N-methyl/N-ethyl adjacent to an activating group) is 1. The number of carbonyl (C=O) groups excluding carboxylic acids is 3. The zero-order valence-corrected chi connectivity index (χ0v) is 16.4. The van der Waals surface area contributed by atoms with Gasteiger partial charge in [0.05, 0.1) is 12.2 Å². The number of esters is 1. The maximum atomic E-state index is 12.7. The third-order valence-electron chi connectivity index (χ3n) is 4.21. The molecule has 3 rings (SSSR count). The van der Waals surface area contributed by atoms with Crippen molar-refractivity contribution in [2.24, 2.45) is 0 Å². The minimum atomic E-state index is -0.850. The molecule has 0 aromatic heterocycles. The lowest BCUT2D eigenvalue weighted by Gasteiger charge is -2.33. The van der Waals surface area contributed by atoms with Crippen molar-refractivity contribution < 1.29 is 23.9 Å². The maximum Gasteiger partial charge on any atom is 0.331 e. The van der Waals surface area contributed by atoms with Crippen molar-refractivity contribution in [1.29, 1.82) is 0 Å². The highest BCUT2D eigenvalue weighted by Gasteiger charge is 2.33. The monoisotopic (exact) mass is 414 g/mol. The predicted octanol–water partition coefficient (Wildman–Crippen LogP) is 2.44. The third kappa shape index (κ3) is 5.14. The molecule has 0 saturated heterocycles. The summed E-state index contributed by atoms with van der Waals surface area (Å²) in [5, 5.41) is 3.05. The number of benzene rings is 2. The molecule has 2 aromatic rings. The van der Waals surface area contributed by atoms with Crippen LogP contribution in [0.3, 0.4) is 0 Å². The number of carbonyl (C=O) groups is 3. The van der Waals surface area contributed by atoms with E-state index in [0.29, 0.717) is 16.5 Å². The first-order chi connectivity index (χ1) is 14.0. The number of halogens is 1. The summed E-state index contributed by atoms with van der Waals surface area (Å²) in [6, 6.07) is 13.8. The molecule has 1 unspecified atom stereocenters. The van der Waals surface area contributed by atoms with Crippen LogP contribution in [0.4, 0.5) is 5.69 Å². The van der Waals surface area contributed by atoms with Crippen LogP contribution in [0.25, 0.3) is 6.08 Å². The first-order valence-corrected chi connectivity index (χ1v) is 9.24. The summed E-state index contributed by atoms with van der Waals surface area (Å²) in [5.41, 5.74) is 1.25. The fraction of sp³-hybridized carbons (Fsp3) is 0.190. The lowest BCUT2D eigenvalue weighted by Crippen LogP contribution is -2.51. The Balaban J connectivity index is 1.64. The van der Waals surface area contributed by atoms with E-state index < -0.39 is 24.6 Å². The Labute approximate surface area is 172 Å².